The number of aromatic nitrogens is 1. The summed E-state index contributed by atoms with van der Waals surface area (Å²) in [6, 6.07) is 10.6. The third kappa shape index (κ3) is 3.58. The Bertz CT molecular complexity index is 554. The van der Waals surface area contributed by atoms with Crippen molar-refractivity contribution in [3.8, 4) is 5.75 Å². The number of pyridine rings is 1. The van der Waals surface area contributed by atoms with Crippen LogP contribution in [0.2, 0.25) is 0 Å². The van der Waals surface area contributed by atoms with Crippen molar-refractivity contribution in [1.82, 2.24) is 10.3 Å². The minimum absolute atomic E-state index is 0.146. The number of benzene rings is 1. The van der Waals surface area contributed by atoms with Gasteiger partial charge in [0.15, 0.2) is 0 Å². The Hall–Kier alpha value is -1.87. The summed E-state index contributed by atoms with van der Waals surface area (Å²) >= 11 is 0. The maximum absolute atomic E-state index is 5.59. The maximum atomic E-state index is 5.59. The van der Waals surface area contributed by atoms with E-state index in [9.17, 15) is 0 Å². The van der Waals surface area contributed by atoms with Crippen LogP contribution in [0.4, 0.5) is 0 Å². The first-order valence-electron chi connectivity index (χ1n) is 7.12. The maximum Gasteiger partial charge on any atom is 0.119 e. The third-order valence-corrected chi connectivity index (χ3v) is 3.14. The van der Waals surface area contributed by atoms with Crippen LogP contribution < -0.4 is 10.1 Å². The molecule has 0 spiro atoms. The molecule has 1 unspecified atom stereocenters. The van der Waals surface area contributed by atoms with Crippen molar-refractivity contribution < 1.29 is 4.74 Å². The normalized spacial score (nSPS) is 12.2. The van der Waals surface area contributed by atoms with Gasteiger partial charge in [-0.15, -0.1) is 0 Å². The SMILES string of the molecule is CCNC(c1cncc(C)c1)c1cccc(OCC)c1. The number of nitrogens with zero attached hydrogens (tertiary/aromatic N) is 1. The number of rotatable bonds is 6. The number of aryl methyl sites for hydroxylation is 1. The molecule has 1 heterocycles. The van der Waals surface area contributed by atoms with E-state index in [1.165, 1.54) is 16.7 Å². The lowest BCUT2D eigenvalue weighted by atomic mass is 9.99. The highest BCUT2D eigenvalue weighted by molar-refractivity contribution is 5.36. The Kier molecular flexibility index (Phi) is 5.13. The Morgan fingerprint density at radius 1 is 1.15 bits per heavy atom. The van der Waals surface area contributed by atoms with Gasteiger partial charge < -0.3 is 10.1 Å². The summed E-state index contributed by atoms with van der Waals surface area (Å²) in [6.45, 7) is 7.76. The molecule has 1 aromatic heterocycles. The molecule has 2 aromatic rings. The van der Waals surface area contributed by atoms with Crippen LogP contribution >= 0.6 is 0 Å². The summed E-state index contributed by atoms with van der Waals surface area (Å²) in [4.78, 5) is 4.30. The average Bonchev–Trinajstić information content (AvgIpc) is 2.45. The lowest BCUT2D eigenvalue weighted by Gasteiger charge is -2.19. The Balaban J connectivity index is 2.35. The van der Waals surface area contributed by atoms with Crippen molar-refractivity contribution in [2.45, 2.75) is 26.8 Å². The molecule has 106 valence electrons. The molecule has 3 heteroatoms. The van der Waals surface area contributed by atoms with Crippen LogP contribution in [0.15, 0.2) is 42.7 Å². The zero-order valence-corrected chi connectivity index (χ0v) is 12.4. The average molecular weight is 270 g/mol. The van der Waals surface area contributed by atoms with Crippen LogP contribution in [0.5, 0.6) is 5.75 Å². The van der Waals surface area contributed by atoms with Gasteiger partial charge in [-0.2, -0.15) is 0 Å². The second kappa shape index (κ2) is 7.06. The van der Waals surface area contributed by atoms with Gasteiger partial charge >= 0.3 is 0 Å². The standard InChI is InChI=1S/C17H22N2O/c1-4-19-17(15-9-13(3)11-18-12-15)14-7-6-8-16(10-14)20-5-2/h6-12,17,19H,4-5H2,1-3H3. The highest BCUT2D eigenvalue weighted by atomic mass is 16.5. The van der Waals surface area contributed by atoms with Crippen molar-refractivity contribution in [3.63, 3.8) is 0 Å². The minimum Gasteiger partial charge on any atom is -0.494 e. The molecular weight excluding hydrogens is 248 g/mol. The fourth-order valence-electron chi connectivity index (χ4n) is 2.32. The van der Waals surface area contributed by atoms with E-state index >= 15 is 0 Å². The first-order chi connectivity index (χ1) is 9.74. The minimum atomic E-state index is 0.146. The van der Waals surface area contributed by atoms with Crippen molar-refractivity contribution >= 4 is 0 Å². The Labute approximate surface area is 121 Å². The molecule has 0 aliphatic carbocycles. The van der Waals surface area contributed by atoms with E-state index in [1.807, 2.05) is 31.5 Å². The molecule has 0 fully saturated rings. The zero-order chi connectivity index (χ0) is 14.4. The van der Waals surface area contributed by atoms with E-state index in [1.54, 1.807) is 0 Å². The predicted octanol–water partition coefficient (Wildman–Crippen LogP) is 3.49. The van der Waals surface area contributed by atoms with Gasteiger partial charge in [0, 0.05) is 12.4 Å². The first-order valence-corrected chi connectivity index (χ1v) is 7.12. The van der Waals surface area contributed by atoms with Gasteiger partial charge in [-0.05, 0) is 49.2 Å². The fraction of sp³-hybridized carbons (Fsp3) is 0.353. The van der Waals surface area contributed by atoms with E-state index < -0.39 is 0 Å². The molecule has 1 N–H and O–H groups in total. The van der Waals surface area contributed by atoms with Crippen molar-refractivity contribution in [1.29, 1.82) is 0 Å². The summed E-state index contributed by atoms with van der Waals surface area (Å²) in [5, 5.41) is 3.52. The number of hydrogen-bond donors (Lipinski definition) is 1. The molecular formula is C17H22N2O. The molecule has 0 saturated carbocycles. The number of nitrogens with one attached hydrogen (secondary N) is 1. The van der Waals surface area contributed by atoms with Gasteiger partial charge in [0.2, 0.25) is 0 Å². The molecule has 20 heavy (non-hydrogen) atoms. The van der Waals surface area contributed by atoms with Crippen LogP contribution in [0.25, 0.3) is 0 Å². The van der Waals surface area contributed by atoms with Gasteiger partial charge in [-0.1, -0.05) is 25.1 Å². The van der Waals surface area contributed by atoms with Crippen LogP contribution in [0, 0.1) is 6.92 Å². The Morgan fingerprint density at radius 3 is 2.70 bits per heavy atom. The summed E-state index contributed by atoms with van der Waals surface area (Å²) in [5.41, 5.74) is 3.55. The van der Waals surface area contributed by atoms with Crippen molar-refractivity contribution in [3.05, 3.63) is 59.4 Å². The summed E-state index contributed by atoms with van der Waals surface area (Å²) < 4.78 is 5.59. The van der Waals surface area contributed by atoms with Crippen LogP contribution in [-0.4, -0.2) is 18.1 Å². The van der Waals surface area contributed by atoms with Crippen LogP contribution in [-0.2, 0) is 0 Å². The van der Waals surface area contributed by atoms with Gasteiger partial charge in [-0.25, -0.2) is 0 Å². The summed E-state index contributed by atoms with van der Waals surface area (Å²) in [5.74, 6) is 0.911. The van der Waals surface area contributed by atoms with Gasteiger partial charge in [-0.3, -0.25) is 4.98 Å². The summed E-state index contributed by atoms with van der Waals surface area (Å²) in [6.07, 6.45) is 3.80. The van der Waals surface area contributed by atoms with Gasteiger partial charge in [0.1, 0.15) is 5.75 Å². The van der Waals surface area contributed by atoms with E-state index in [4.69, 9.17) is 4.74 Å². The van der Waals surface area contributed by atoms with E-state index in [0.717, 1.165) is 12.3 Å². The van der Waals surface area contributed by atoms with E-state index in [-0.39, 0.29) is 6.04 Å². The van der Waals surface area contributed by atoms with Crippen molar-refractivity contribution in [2.24, 2.45) is 0 Å². The lowest BCUT2D eigenvalue weighted by Crippen LogP contribution is -2.22. The second-order valence-corrected chi connectivity index (χ2v) is 4.79. The lowest BCUT2D eigenvalue weighted by molar-refractivity contribution is 0.339. The monoisotopic (exact) mass is 270 g/mol. The quantitative estimate of drug-likeness (QED) is 0.872. The molecule has 0 amide bonds. The molecule has 2 rings (SSSR count). The first kappa shape index (κ1) is 14.5. The molecule has 1 atom stereocenters. The fourth-order valence-corrected chi connectivity index (χ4v) is 2.32. The molecule has 0 aliphatic heterocycles. The smallest absolute Gasteiger partial charge is 0.119 e. The molecule has 0 bridgehead atoms. The zero-order valence-electron chi connectivity index (χ0n) is 12.4. The molecule has 0 radical (unpaired) electrons. The number of ether oxygens (including phenoxy) is 1. The molecule has 0 saturated heterocycles. The second-order valence-electron chi connectivity index (χ2n) is 4.79. The van der Waals surface area contributed by atoms with Gasteiger partial charge in [0.25, 0.3) is 0 Å². The predicted molar refractivity (Wildman–Crippen MR) is 82.1 cm³/mol. The van der Waals surface area contributed by atoms with Crippen molar-refractivity contribution in [2.75, 3.05) is 13.2 Å². The highest BCUT2D eigenvalue weighted by Crippen LogP contribution is 2.25. The van der Waals surface area contributed by atoms with Gasteiger partial charge in [0.05, 0.1) is 12.6 Å². The third-order valence-electron chi connectivity index (χ3n) is 3.14. The largest absolute Gasteiger partial charge is 0.494 e. The van der Waals surface area contributed by atoms with Crippen LogP contribution in [0.3, 0.4) is 0 Å². The van der Waals surface area contributed by atoms with E-state index in [0.29, 0.717) is 6.61 Å². The topological polar surface area (TPSA) is 34.2 Å². The Morgan fingerprint density at radius 2 is 2.00 bits per heavy atom. The molecule has 3 nitrogen and oxygen atoms in total. The highest BCUT2D eigenvalue weighted by Gasteiger charge is 2.14. The number of hydrogen-bond acceptors (Lipinski definition) is 3. The molecule has 0 aliphatic rings. The summed E-state index contributed by atoms with van der Waals surface area (Å²) in [7, 11) is 0. The van der Waals surface area contributed by atoms with E-state index in [2.05, 4.69) is 42.3 Å². The molecule has 1 aromatic carbocycles. The van der Waals surface area contributed by atoms with Crippen LogP contribution in [0.1, 0.15) is 36.6 Å².